The molecule has 1 heterocycles. The summed E-state index contributed by atoms with van der Waals surface area (Å²) in [5.74, 6) is 0.989. The molecule has 0 radical (unpaired) electrons. The number of nitrogens with one attached hydrogen (secondary N) is 1. The van der Waals surface area contributed by atoms with Gasteiger partial charge in [-0.1, -0.05) is 39.0 Å². The zero-order chi connectivity index (χ0) is 12.8. The lowest BCUT2D eigenvalue weighted by atomic mass is 9.85. The molecule has 1 unspecified atom stereocenters. The molecule has 0 aromatic carbocycles. The van der Waals surface area contributed by atoms with Crippen molar-refractivity contribution < 1.29 is 0 Å². The van der Waals surface area contributed by atoms with Crippen LogP contribution in [0.2, 0.25) is 0 Å². The number of rotatable bonds is 6. The van der Waals surface area contributed by atoms with Crippen LogP contribution in [-0.2, 0) is 0 Å². The van der Waals surface area contributed by atoms with Gasteiger partial charge in [0.2, 0.25) is 0 Å². The fraction of sp³-hybridized carbons (Fsp3) is 0.733. The molecule has 18 heavy (non-hydrogen) atoms. The van der Waals surface area contributed by atoms with Gasteiger partial charge in [-0.25, -0.2) is 0 Å². The predicted molar refractivity (Wildman–Crippen MR) is 84.2 cm³/mol. The van der Waals surface area contributed by atoms with E-state index in [9.17, 15) is 0 Å². The van der Waals surface area contributed by atoms with Gasteiger partial charge >= 0.3 is 0 Å². The van der Waals surface area contributed by atoms with Gasteiger partial charge in [0, 0.05) is 10.9 Å². The molecular weight excluding hydrogens is 306 g/mol. The number of hydrogen-bond acceptors (Lipinski definition) is 2. The summed E-state index contributed by atoms with van der Waals surface area (Å²) in [6.45, 7) is 3.26. The highest BCUT2D eigenvalue weighted by Gasteiger charge is 2.17. The van der Waals surface area contributed by atoms with E-state index in [2.05, 4.69) is 40.3 Å². The van der Waals surface area contributed by atoms with Crippen molar-refractivity contribution in [2.75, 3.05) is 6.54 Å². The predicted octanol–water partition coefficient (Wildman–Crippen LogP) is 5.52. The van der Waals surface area contributed by atoms with Crippen molar-refractivity contribution in [3.8, 4) is 0 Å². The minimum absolute atomic E-state index is 0.563. The Bertz CT molecular complexity index is 344. The van der Waals surface area contributed by atoms with Crippen LogP contribution in [0.15, 0.2) is 15.9 Å². The lowest BCUT2D eigenvalue weighted by Crippen LogP contribution is -2.21. The zero-order valence-corrected chi connectivity index (χ0v) is 13.7. The Morgan fingerprint density at radius 1 is 1.33 bits per heavy atom. The summed E-state index contributed by atoms with van der Waals surface area (Å²) in [6, 6.07) is 5.00. The van der Waals surface area contributed by atoms with Crippen molar-refractivity contribution in [1.29, 1.82) is 0 Å². The molecule has 1 N–H and O–H groups in total. The van der Waals surface area contributed by atoms with Gasteiger partial charge in [-0.3, -0.25) is 0 Å². The second-order valence-corrected chi connectivity index (χ2v) is 7.83. The molecule has 1 nitrogen and oxygen atoms in total. The summed E-state index contributed by atoms with van der Waals surface area (Å²) in [6.07, 6.45) is 10.0. The van der Waals surface area contributed by atoms with Crippen LogP contribution in [0.1, 0.15) is 62.8 Å². The third-order valence-corrected chi connectivity index (χ3v) is 5.71. The van der Waals surface area contributed by atoms with Gasteiger partial charge in [0.15, 0.2) is 0 Å². The van der Waals surface area contributed by atoms with Crippen LogP contribution in [0, 0.1) is 5.92 Å². The van der Waals surface area contributed by atoms with Crippen LogP contribution in [0.3, 0.4) is 0 Å². The van der Waals surface area contributed by atoms with E-state index in [1.807, 2.05) is 11.3 Å². The first-order valence-corrected chi connectivity index (χ1v) is 8.89. The second kappa shape index (κ2) is 7.66. The monoisotopic (exact) mass is 329 g/mol. The van der Waals surface area contributed by atoms with Crippen LogP contribution in [-0.4, -0.2) is 6.54 Å². The molecule has 1 atom stereocenters. The van der Waals surface area contributed by atoms with Crippen molar-refractivity contribution in [3.05, 3.63) is 20.8 Å². The van der Waals surface area contributed by atoms with E-state index >= 15 is 0 Å². The van der Waals surface area contributed by atoms with Gasteiger partial charge < -0.3 is 5.32 Å². The summed E-state index contributed by atoms with van der Waals surface area (Å²) in [5, 5.41) is 3.64. The first-order chi connectivity index (χ1) is 8.79. The Morgan fingerprint density at radius 3 is 2.72 bits per heavy atom. The molecular formula is C15H24BrNS. The quantitative estimate of drug-likeness (QED) is 0.724. The van der Waals surface area contributed by atoms with E-state index < -0.39 is 0 Å². The van der Waals surface area contributed by atoms with Crippen LogP contribution < -0.4 is 5.32 Å². The largest absolute Gasteiger partial charge is 0.310 e. The molecule has 102 valence electrons. The third-order valence-electron chi connectivity index (χ3n) is 3.98. The summed E-state index contributed by atoms with van der Waals surface area (Å²) in [5.41, 5.74) is 0. The van der Waals surface area contributed by atoms with E-state index in [0.29, 0.717) is 6.04 Å². The van der Waals surface area contributed by atoms with Gasteiger partial charge in [-0.15, -0.1) is 11.3 Å². The molecule has 1 aromatic heterocycles. The van der Waals surface area contributed by atoms with Gasteiger partial charge in [0.05, 0.1) is 3.79 Å². The van der Waals surface area contributed by atoms with Gasteiger partial charge in [0.25, 0.3) is 0 Å². The maximum Gasteiger partial charge on any atom is 0.0701 e. The van der Waals surface area contributed by atoms with Crippen molar-refractivity contribution in [2.45, 2.75) is 57.9 Å². The van der Waals surface area contributed by atoms with Gasteiger partial charge in [0.1, 0.15) is 0 Å². The minimum atomic E-state index is 0.563. The second-order valence-electron chi connectivity index (χ2n) is 5.33. The zero-order valence-electron chi connectivity index (χ0n) is 11.3. The molecule has 1 saturated carbocycles. The van der Waals surface area contributed by atoms with E-state index in [4.69, 9.17) is 0 Å². The Hall–Kier alpha value is 0.140. The highest BCUT2D eigenvalue weighted by atomic mass is 79.9. The lowest BCUT2D eigenvalue weighted by Gasteiger charge is -2.24. The highest BCUT2D eigenvalue weighted by Crippen LogP contribution is 2.33. The molecule has 0 spiro atoms. The summed E-state index contributed by atoms with van der Waals surface area (Å²) in [7, 11) is 0. The van der Waals surface area contributed by atoms with E-state index in [-0.39, 0.29) is 0 Å². The highest BCUT2D eigenvalue weighted by molar-refractivity contribution is 9.11. The average molecular weight is 330 g/mol. The number of halogens is 1. The van der Waals surface area contributed by atoms with E-state index in [1.54, 1.807) is 0 Å². The molecule has 1 aromatic rings. The molecule has 2 rings (SSSR count). The Labute approximate surface area is 123 Å². The Balaban J connectivity index is 1.85. The van der Waals surface area contributed by atoms with Crippen molar-refractivity contribution in [1.82, 2.24) is 5.32 Å². The smallest absolute Gasteiger partial charge is 0.0701 e. The molecule has 1 fully saturated rings. The van der Waals surface area contributed by atoms with Crippen molar-refractivity contribution in [2.24, 2.45) is 5.92 Å². The molecule has 1 aliphatic carbocycles. The molecule has 0 aliphatic heterocycles. The Morgan fingerprint density at radius 2 is 2.11 bits per heavy atom. The molecule has 1 aliphatic rings. The van der Waals surface area contributed by atoms with Crippen molar-refractivity contribution >= 4 is 27.3 Å². The van der Waals surface area contributed by atoms with Gasteiger partial charge in [-0.05, 0) is 53.4 Å². The molecule has 0 bridgehead atoms. The molecule has 0 saturated heterocycles. The average Bonchev–Trinajstić information content (AvgIpc) is 2.82. The van der Waals surface area contributed by atoms with Gasteiger partial charge in [-0.2, -0.15) is 0 Å². The fourth-order valence-corrected chi connectivity index (χ4v) is 4.52. The summed E-state index contributed by atoms with van der Waals surface area (Å²) < 4.78 is 1.25. The maximum absolute atomic E-state index is 3.64. The number of hydrogen-bond donors (Lipinski definition) is 1. The van der Waals surface area contributed by atoms with Crippen LogP contribution in [0.25, 0.3) is 0 Å². The normalized spacial score (nSPS) is 19.0. The first kappa shape index (κ1) is 14.5. The molecule has 0 amide bonds. The van der Waals surface area contributed by atoms with Crippen LogP contribution >= 0.6 is 27.3 Å². The SMILES string of the molecule is CCNC(CCC1CCCCC1)c1ccc(Br)s1. The maximum atomic E-state index is 3.64. The lowest BCUT2D eigenvalue weighted by molar-refractivity contribution is 0.316. The van der Waals surface area contributed by atoms with E-state index in [1.165, 1.54) is 53.6 Å². The fourth-order valence-electron chi connectivity index (χ4n) is 2.99. The third kappa shape index (κ3) is 4.36. The summed E-state index contributed by atoms with van der Waals surface area (Å²) >= 11 is 5.45. The van der Waals surface area contributed by atoms with Crippen LogP contribution in [0.5, 0.6) is 0 Å². The minimum Gasteiger partial charge on any atom is -0.310 e. The van der Waals surface area contributed by atoms with E-state index in [0.717, 1.165) is 12.5 Å². The number of thiophene rings is 1. The summed E-state index contributed by atoms with van der Waals surface area (Å²) in [4.78, 5) is 1.49. The van der Waals surface area contributed by atoms with Crippen LogP contribution in [0.4, 0.5) is 0 Å². The topological polar surface area (TPSA) is 12.0 Å². The first-order valence-electron chi connectivity index (χ1n) is 7.28. The molecule has 3 heteroatoms. The Kier molecular flexibility index (Phi) is 6.19. The van der Waals surface area contributed by atoms with Crippen molar-refractivity contribution in [3.63, 3.8) is 0 Å². The standard InChI is InChI=1S/C15H24BrNS/c1-2-17-13(14-10-11-15(16)18-14)9-8-12-6-4-3-5-7-12/h10-13,17H,2-9H2,1H3.